The Morgan fingerprint density at radius 3 is 3.18 bits per heavy atom. The van der Waals surface area contributed by atoms with Gasteiger partial charge in [-0.3, -0.25) is 9.59 Å². The molecule has 5 nitrogen and oxygen atoms in total. The van der Waals surface area contributed by atoms with Gasteiger partial charge in [0.2, 0.25) is 5.91 Å². The fourth-order valence-electron chi connectivity index (χ4n) is 2.60. The Bertz CT molecular complexity index is 762. The molecule has 1 unspecified atom stereocenters. The summed E-state index contributed by atoms with van der Waals surface area (Å²) in [5.41, 5.74) is 1.80. The molecule has 0 saturated heterocycles. The zero-order chi connectivity index (χ0) is 15.5. The standard InChI is InChI=1S/C16H17N3O2S/c1-19-16(21)10-11-9-12(4-6-14(11)18-19)17-15(20)7-5-13-3-2-8-22-13/h2-3,5,7-8,10,12H,4,6,9H2,1H3,(H,17,20)/b7-5+. The smallest absolute Gasteiger partial charge is 0.266 e. The first-order chi connectivity index (χ1) is 10.6. The molecule has 0 aromatic carbocycles. The lowest BCUT2D eigenvalue weighted by Crippen LogP contribution is -2.39. The van der Waals surface area contributed by atoms with Gasteiger partial charge in [-0.05, 0) is 42.3 Å². The average molecular weight is 315 g/mol. The molecule has 1 amide bonds. The van der Waals surface area contributed by atoms with Crippen molar-refractivity contribution in [2.75, 3.05) is 0 Å². The SMILES string of the molecule is Cn1nc2c(cc1=O)CC(NC(=O)/C=C/c1cccs1)CC2. The number of thiophene rings is 1. The van der Waals surface area contributed by atoms with Crippen molar-refractivity contribution in [1.29, 1.82) is 0 Å². The van der Waals surface area contributed by atoms with Crippen molar-refractivity contribution in [2.45, 2.75) is 25.3 Å². The summed E-state index contributed by atoms with van der Waals surface area (Å²) in [5.74, 6) is -0.0985. The van der Waals surface area contributed by atoms with Gasteiger partial charge < -0.3 is 5.32 Å². The summed E-state index contributed by atoms with van der Waals surface area (Å²) in [4.78, 5) is 24.7. The van der Waals surface area contributed by atoms with Crippen LogP contribution < -0.4 is 10.9 Å². The fourth-order valence-corrected chi connectivity index (χ4v) is 3.22. The molecule has 1 N–H and O–H groups in total. The maximum atomic E-state index is 12.0. The number of fused-ring (bicyclic) bond motifs is 1. The lowest BCUT2D eigenvalue weighted by atomic mass is 9.92. The van der Waals surface area contributed by atoms with Crippen LogP contribution in [-0.4, -0.2) is 21.7 Å². The summed E-state index contributed by atoms with van der Waals surface area (Å²) >= 11 is 1.59. The van der Waals surface area contributed by atoms with Crippen molar-refractivity contribution in [3.63, 3.8) is 0 Å². The van der Waals surface area contributed by atoms with Crippen molar-refractivity contribution < 1.29 is 4.79 Å². The molecule has 0 bridgehead atoms. The number of hydrogen-bond acceptors (Lipinski definition) is 4. The quantitative estimate of drug-likeness (QED) is 0.874. The number of rotatable bonds is 3. The molecule has 2 heterocycles. The van der Waals surface area contributed by atoms with E-state index in [9.17, 15) is 9.59 Å². The molecule has 6 heteroatoms. The maximum Gasteiger partial charge on any atom is 0.266 e. The predicted octanol–water partition coefficient (Wildman–Crippen LogP) is 1.53. The first-order valence-electron chi connectivity index (χ1n) is 7.20. The fraction of sp³-hybridized carbons (Fsp3) is 0.312. The Labute approximate surface area is 132 Å². The van der Waals surface area contributed by atoms with Crippen LogP contribution >= 0.6 is 11.3 Å². The molecule has 0 spiro atoms. The van der Waals surface area contributed by atoms with Gasteiger partial charge in [0.15, 0.2) is 0 Å². The molecule has 1 aliphatic rings. The van der Waals surface area contributed by atoms with Crippen LogP contribution in [0, 0.1) is 0 Å². The van der Waals surface area contributed by atoms with Crippen molar-refractivity contribution in [1.82, 2.24) is 15.1 Å². The van der Waals surface area contributed by atoms with Crippen LogP contribution in [0.2, 0.25) is 0 Å². The highest BCUT2D eigenvalue weighted by Gasteiger charge is 2.21. The molecular weight excluding hydrogens is 298 g/mol. The van der Waals surface area contributed by atoms with Gasteiger partial charge in [-0.25, -0.2) is 4.68 Å². The molecule has 22 heavy (non-hydrogen) atoms. The van der Waals surface area contributed by atoms with Crippen molar-refractivity contribution in [3.8, 4) is 0 Å². The summed E-state index contributed by atoms with van der Waals surface area (Å²) in [7, 11) is 1.66. The molecule has 2 aromatic heterocycles. The van der Waals surface area contributed by atoms with Crippen molar-refractivity contribution in [2.24, 2.45) is 7.05 Å². The number of nitrogens with zero attached hydrogens (tertiary/aromatic N) is 2. The summed E-state index contributed by atoms with van der Waals surface area (Å²) in [5, 5.41) is 9.25. The Kier molecular flexibility index (Phi) is 4.20. The van der Waals surface area contributed by atoms with Gasteiger partial charge in [-0.2, -0.15) is 5.10 Å². The zero-order valence-electron chi connectivity index (χ0n) is 12.3. The van der Waals surface area contributed by atoms with Gasteiger partial charge in [0, 0.05) is 30.1 Å². The first kappa shape index (κ1) is 14.7. The van der Waals surface area contributed by atoms with E-state index >= 15 is 0 Å². The maximum absolute atomic E-state index is 12.0. The van der Waals surface area contributed by atoms with E-state index in [1.54, 1.807) is 30.5 Å². The van der Waals surface area contributed by atoms with Gasteiger partial charge in [0.25, 0.3) is 5.56 Å². The lowest BCUT2D eigenvalue weighted by molar-refractivity contribution is -0.117. The topological polar surface area (TPSA) is 64.0 Å². The summed E-state index contributed by atoms with van der Waals surface area (Å²) in [6, 6.07) is 5.60. The van der Waals surface area contributed by atoms with Crippen LogP contribution in [0.5, 0.6) is 0 Å². The number of carbonyl (C=O) groups excluding carboxylic acids is 1. The number of aromatic nitrogens is 2. The molecule has 2 aromatic rings. The van der Waals surface area contributed by atoms with Gasteiger partial charge in [0.1, 0.15) is 0 Å². The number of aryl methyl sites for hydroxylation is 2. The summed E-state index contributed by atoms with van der Waals surface area (Å²) in [6.07, 6.45) is 5.66. The van der Waals surface area contributed by atoms with Crippen LogP contribution in [0.3, 0.4) is 0 Å². The molecule has 0 saturated carbocycles. The summed E-state index contributed by atoms with van der Waals surface area (Å²) in [6.45, 7) is 0. The third kappa shape index (κ3) is 3.33. The Morgan fingerprint density at radius 1 is 1.55 bits per heavy atom. The third-order valence-electron chi connectivity index (χ3n) is 3.74. The highest BCUT2D eigenvalue weighted by Crippen LogP contribution is 2.18. The molecule has 114 valence electrons. The normalized spacial score (nSPS) is 17.4. The van der Waals surface area contributed by atoms with Gasteiger partial charge >= 0.3 is 0 Å². The van der Waals surface area contributed by atoms with Gasteiger partial charge in [0.05, 0.1) is 5.69 Å². The molecule has 1 aliphatic carbocycles. The highest BCUT2D eigenvalue weighted by atomic mass is 32.1. The van der Waals surface area contributed by atoms with E-state index in [-0.39, 0.29) is 17.5 Å². The molecule has 0 radical (unpaired) electrons. The van der Waals surface area contributed by atoms with Gasteiger partial charge in [-0.15, -0.1) is 11.3 Å². The Hall–Kier alpha value is -2.21. The minimum absolute atomic E-state index is 0.0573. The van der Waals surface area contributed by atoms with Gasteiger partial charge in [-0.1, -0.05) is 6.07 Å². The van der Waals surface area contributed by atoms with Crippen molar-refractivity contribution >= 4 is 23.3 Å². The second kappa shape index (κ2) is 6.27. The minimum atomic E-state index is -0.108. The lowest BCUT2D eigenvalue weighted by Gasteiger charge is -2.24. The molecule has 0 fully saturated rings. The number of nitrogens with one attached hydrogen (secondary N) is 1. The molecule has 0 aliphatic heterocycles. The van der Waals surface area contributed by atoms with E-state index in [4.69, 9.17) is 0 Å². The average Bonchev–Trinajstić information content (AvgIpc) is 3.00. The highest BCUT2D eigenvalue weighted by molar-refractivity contribution is 7.10. The van der Waals surface area contributed by atoms with Crippen LogP contribution in [0.1, 0.15) is 22.6 Å². The second-order valence-corrected chi connectivity index (χ2v) is 6.35. The van der Waals surface area contributed by atoms with Crippen molar-refractivity contribution in [3.05, 3.63) is 56.1 Å². The zero-order valence-corrected chi connectivity index (χ0v) is 13.1. The van der Waals surface area contributed by atoms with E-state index in [0.29, 0.717) is 6.42 Å². The third-order valence-corrected chi connectivity index (χ3v) is 4.58. The minimum Gasteiger partial charge on any atom is -0.349 e. The van der Waals surface area contributed by atoms with E-state index in [1.807, 2.05) is 23.6 Å². The largest absolute Gasteiger partial charge is 0.349 e. The molecular formula is C16H17N3O2S. The van der Waals surface area contributed by atoms with E-state index in [1.165, 1.54) is 4.68 Å². The molecule has 3 rings (SSSR count). The van der Waals surface area contributed by atoms with E-state index in [2.05, 4.69) is 10.4 Å². The first-order valence-corrected chi connectivity index (χ1v) is 8.08. The summed E-state index contributed by atoms with van der Waals surface area (Å²) < 4.78 is 1.36. The Balaban J connectivity index is 1.64. The Morgan fingerprint density at radius 2 is 2.41 bits per heavy atom. The predicted molar refractivity (Wildman–Crippen MR) is 86.8 cm³/mol. The number of amides is 1. The van der Waals surface area contributed by atoms with Crippen LogP contribution in [0.4, 0.5) is 0 Å². The van der Waals surface area contributed by atoms with Crippen LogP contribution in [0.15, 0.2) is 34.4 Å². The van der Waals surface area contributed by atoms with Crippen LogP contribution in [0.25, 0.3) is 6.08 Å². The van der Waals surface area contributed by atoms with Crippen LogP contribution in [-0.2, 0) is 24.7 Å². The van der Waals surface area contributed by atoms with E-state index in [0.717, 1.165) is 29.0 Å². The van der Waals surface area contributed by atoms with E-state index < -0.39 is 0 Å². The number of carbonyl (C=O) groups is 1. The molecule has 1 atom stereocenters. The number of hydrogen-bond donors (Lipinski definition) is 1. The monoisotopic (exact) mass is 315 g/mol. The second-order valence-electron chi connectivity index (χ2n) is 5.38.